The fourth-order valence-electron chi connectivity index (χ4n) is 1.38. The maximum absolute atomic E-state index is 13.4. The number of halogens is 2. The lowest BCUT2D eigenvalue weighted by molar-refractivity contribution is 0.492. The molecule has 1 nitrogen and oxygen atoms in total. The van der Waals surface area contributed by atoms with Gasteiger partial charge >= 0.3 is 0 Å². The highest BCUT2D eigenvalue weighted by Crippen LogP contribution is 2.35. The number of thioether (sulfide) groups is 1. The van der Waals surface area contributed by atoms with Gasteiger partial charge in [0.25, 0.3) is 0 Å². The Balaban J connectivity index is 2.41. The molecule has 1 aromatic rings. The van der Waals surface area contributed by atoms with E-state index in [4.69, 9.17) is 0 Å². The summed E-state index contributed by atoms with van der Waals surface area (Å²) in [6, 6.07) is 2.76. The number of hydrogen-bond donors (Lipinski definition) is 1. The van der Waals surface area contributed by atoms with Gasteiger partial charge in [-0.2, -0.15) is 0 Å². The molecule has 1 atom stereocenters. The van der Waals surface area contributed by atoms with Crippen LogP contribution in [0.25, 0.3) is 0 Å². The molecular formula is C10H11F2NS. The first-order chi connectivity index (χ1) is 6.68. The highest BCUT2D eigenvalue weighted by molar-refractivity contribution is 7.99. The van der Waals surface area contributed by atoms with E-state index in [1.54, 1.807) is 6.07 Å². The molecule has 0 fully saturated rings. The third kappa shape index (κ3) is 1.71. The third-order valence-corrected chi connectivity index (χ3v) is 3.63. The number of benzene rings is 1. The summed E-state index contributed by atoms with van der Waals surface area (Å²) < 4.78 is 26.3. The smallest absolute Gasteiger partial charge is 0.174 e. The molecular weight excluding hydrogens is 204 g/mol. The van der Waals surface area contributed by atoms with E-state index in [2.05, 4.69) is 12.2 Å². The van der Waals surface area contributed by atoms with Gasteiger partial charge in [-0.25, -0.2) is 8.78 Å². The minimum Gasteiger partial charge on any atom is -0.384 e. The summed E-state index contributed by atoms with van der Waals surface area (Å²) in [6.07, 6.45) is 0. The van der Waals surface area contributed by atoms with E-state index in [9.17, 15) is 8.78 Å². The average Bonchev–Trinajstić information content (AvgIpc) is 2.35. The number of fused-ring (bicyclic) bond motifs is 1. The van der Waals surface area contributed by atoms with Crippen molar-refractivity contribution < 1.29 is 8.78 Å². The molecule has 1 heterocycles. The molecule has 0 aromatic heterocycles. The first-order valence-corrected chi connectivity index (χ1v) is 5.51. The standard InChI is InChI=1S/C10H11F2NS/c1-6-4-13-8-3-2-7(11)9(12)10(8)14-5-6/h2-3,6,13H,4-5H2,1H3. The predicted octanol–water partition coefficient (Wildman–Crippen LogP) is 3.12. The largest absolute Gasteiger partial charge is 0.384 e. The molecule has 0 saturated carbocycles. The van der Waals surface area contributed by atoms with E-state index in [1.165, 1.54) is 11.8 Å². The lowest BCUT2D eigenvalue weighted by Crippen LogP contribution is -2.10. The van der Waals surface area contributed by atoms with Crippen molar-refractivity contribution in [3.8, 4) is 0 Å². The molecule has 4 heteroatoms. The van der Waals surface area contributed by atoms with E-state index in [-0.39, 0.29) is 0 Å². The summed E-state index contributed by atoms with van der Waals surface area (Å²) in [7, 11) is 0. The Morgan fingerprint density at radius 2 is 2.21 bits per heavy atom. The Bertz CT molecular complexity index is 354. The van der Waals surface area contributed by atoms with Crippen LogP contribution >= 0.6 is 11.8 Å². The summed E-state index contributed by atoms with van der Waals surface area (Å²) in [5.74, 6) is -0.211. The second-order valence-electron chi connectivity index (χ2n) is 3.54. The molecule has 0 bridgehead atoms. The summed E-state index contributed by atoms with van der Waals surface area (Å²) in [5, 5.41) is 3.12. The van der Waals surface area contributed by atoms with Crippen molar-refractivity contribution in [2.75, 3.05) is 17.6 Å². The van der Waals surface area contributed by atoms with Crippen molar-refractivity contribution in [1.82, 2.24) is 0 Å². The van der Waals surface area contributed by atoms with Crippen molar-refractivity contribution in [3.05, 3.63) is 23.8 Å². The molecule has 1 unspecified atom stereocenters. The zero-order valence-electron chi connectivity index (χ0n) is 7.81. The molecule has 0 aliphatic carbocycles. The van der Waals surface area contributed by atoms with E-state index >= 15 is 0 Å². The fraction of sp³-hybridized carbons (Fsp3) is 0.400. The van der Waals surface area contributed by atoms with Gasteiger partial charge < -0.3 is 5.32 Å². The maximum atomic E-state index is 13.4. The zero-order chi connectivity index (χ0) is 10.1. The number of rotatable bonds is 0. The minimum absolute atomic E-state index is 0.411. The van der Waals surface area contributed by atoms with Gasteiger partial charge in [-0.05, 0) is 18.1 Å². The molecule has 14 heavy (non-hydrogen) atoms. The van der Waals surface area contributed by atoms with Gasteiger partial charge in [-0.15, -0.1) is 11.8 Å². The highest BCUT2D eigenvalue weighted by Gasteiger charge is 2.18. The molecule has 0 spiro atoms. The van der Waals surface area contributed by atoms with Crippen molar-refractivity contribution >= 4 is 17.4 Å². The van der Waals surface area contributed by atoms with Crippen LogP contribution in [0.5, 0.6) is 0 Å². The van der Waals surface area contributed by atoms with Gasteiger partial charge in [-0.3, -0.25) is 0 Å². The summed E-state index contributed by atoms with van der Waals surface area (Å²) in [6.45, 7) is 2.89. The summed E-state index contributed by atoms with van der Waals surface area (Å²) >= 11 is 1.38. The van der Waals surface area contributed by atoms with Crippen molar-refractivity contribution in [2.24, 2.45) is 5.92 Å². The second kappa shape index (κ2) is 3.77. The van der Waals surface area contributed by atoms with Crippen molar-refractivity contribution in [3.63, 3.8) is 0 Å². The van der Waals surface area contributed by atoms with Gasteiger partial charge in [0.2, 0.25) is 0 Å². The lowest BCUT2D eigenvalue weighted by Gasteiger charge is -2.08. The minimum atomic E-state index is -0.771. The van der Waals surface area contributed by atoms with E-state index in [0.717, 1.165) is 18.4 Å². The van der Waals surface area contributed by atoms with Gasteiger partial charge in [0, 0.05) is 12.3 Å². The quantitative estimate of drug-likeness (QED) is 0.713. The Kier molecular flexibility index (Phi) is 2.63. The van der Waals surface area contributed by atoms with E-state index in [0.29, 0.717) is 16.5 Å². The average molecular weight is 215 g/mol. The third-order valence-electron chi connectivity index (χ3n) is 2.20. The molecule has 0 radical (unpaired) electrons. The number of nitrogens with one attached hydrogen (secondary N) is 1. The second-order valence-corrected chi connectivity index (χ2v) is 4.57. The Hall–Kier alpha value is -0.770. The van der Waals surface area contributed by atoms with E-state index < -0.39 is 11.6 Å². The van der Waals surface area contributed by atoms with E-state index in [1.807, 2.05) is 0 Å². The number of hydrogen-bond acceptors (Lipinski definition) is 2. The SMILES string of the molecule is CC1CNc2ccc(F)c(F)c2SC1. The normalized spacial score (nSPS) is 20.9. The topological polar surface area (TPSA) is 12.0 Å². The predicted molar refractivity (Wildman–Crippen MR) is 54.7 cm³/mol. The molecule has 1 aliphatic heterocycles. The molecule has 76 valence electrons. The van der Waals surface area contributed by atoms with Crippen LogP contribution in [0.1, 0.15) is 6.92 Å². The Morgan fingerprint density at radius 3 is 3.00 bits per heavy atom. The highest BCUT2D eigenvalue weighted by atomic mass is 32.2. The van der Waals surface area contributed by atoms with Crippen LogP contribution in [-0.4, -0.2) is 12.3 Å². The zero-order valence-corrected chi connectivity index (χ0v) is 8.63. The molecule has 0 saturated heterocycles. The first kappa shape index (κ1) is 9.77. The van der Waals surface area contributed by atoms with Crippen LogP contribution in [0.15, 0.2) is 17.0 Å². The van der Waals surface area contributed by atoms with Gasteiger partial charge in [0.15, 0.2) is 11.6 Å². The van der Waals surface area contributed by atoms with Crippen LogP contribution < -0.4 is 5.32 Å². The molecule has 1 N–H and O–H groups in total. The van der Waals surface area contributed by atoms with Crippen LogP contribution in [0.3, 0.4) is 0 Å². The molecule has 0 amide bonds. The Morgan fingerprint density at radius 1 is 1.43 bits per heavy atom. The lowest BCUT2D eigenvalue weighted by atomic mass is 10.2. The maximum Gasteiger partial charge on any atom is 0.174 e. The van der Waals surface area contributed by atoms with Crippen LogP contribution in [-0.2, 0) is 0 Å². The number of anilines is 1. The summed E-state index contributed by atoms with van der Waals surface area (Å²) in [5.41, 5.74) is 0.707. The Labute approximate surface area is 85.9 Å². The van der Waals surface area contributed by atoms with Gasteiger partial charge in [0.05, 0.1) is 10.6 Å². The summed E-state index contributed by atoms with van der Waals surface area (Å²) in [4.78, 5) is 0.411. The van der Waals surface area contributed by atoms with Gasteiger partial charge in [-0.1, -0.05) is 6.92 Å². The van der Waals surface area contributed by atoms with Crippen molar-refractivity contribution in [2.45, 2.75) is 11.8 Å². The monoisotopic (exact) mass is 215 g/mol. The van der Waals surface area contributed by atoms with Gasteiger partial charge in [0.1, 0.15) is 0 Å². The molecule has 2 rings (SSSR count). The first-order valence-electron chi connectivity index (χ1n) is 4.53. The molecule has 1 aromatic carbocycles. The van der Waals surface area contributed by atoms with Crippen LogP contribution in [0, 0.1) is 17.6 Å². The van der Waals surface area contributed by atoms with Crippen LogP contribution in [0.4, 0.5) is 14.5 Å². The van der Waals surface area contributed by atoms with Crippen molar-refractivity contribution in [1.29, 1.82) is 0 Å². The molecule has 1 aliphatic rings. The fourth-order valence-corrected chi connectivity index (χ4v) is 2.47. The van der Waals surface area contributed by atoms with Crippen LogP contribution in [0.2, 0.25) is 0 Å².